The quantitative estimate of drug-likeness (QED) is 0.700. The summed E-state index contributed by atoms with van der Waals surface area (Å²) >= 11 is 0. The molecule has 0 aliphatic rings. The van der Waals surface area contributed by atoms with Crippen LogP contribution in [0, 0.1) is 0 Å². The van der Waals surface area contributed by atoms with E-state index in [1.54, 1.807) is 13.3 Å². The van der Waals surface area contributed by atoms with Gasteiger partial charge in [-0.15, -0.1) is 5.10 Å². The zero-order chi connectivity index (χ0) is 10.1. The van der Waals surface area contributed by atoms with Crippen LogP contribution in [0.5, 0.6) is 0 Å². The Bertz CT molecular complexity index is 385. The van der Waals surface area contributed by atoms with Crippen molar-refractivity contribution in [3.8, 4) is 0 Å². The fourth-order valence-corrected chi connectivity index (χ4v) is 1.52. The highest BCUT2D eigenvalue weighted by molar-refractivity contribution is 7.70. The van der Waals surface area contributed by atoms with E-state index in [0.717, 1.165) is 0 Å². The third kappa shape index (κ3) is 2.36. The third-order valence-corrected chi connectivity index (χ3v) is 2.97. The van der Waals surface area contributed by atoms with E-state index < -0.39 is 13.1 Å². The minimum atomic E-state index is -2.45. The molecule has 0 aliphatic heterocycles. The number of carboxylic acid groups (broad SMARTS) is 1. The van der Waals surface area contributed by atoms with Crippen LogP contribution in [0.4, 0.5) is 0 Å². The van der Waals surface area contributed by atoms with E-state index in [4.69, 9.17) is 5.11 Å². The van der Waals surface area contributed by atoms with Crippen LogP contribution in [0.15, 0.2) is 12.3 Å². The normalized spacial score (nSPS) is 11.2. The molecule has 0 amide bonds. The second-order valence-corrected chi connectivity index (χ2v) is 6.17. The van der Waals surface area contributed by atoms with Gasteiger partial charge in [0.2, 0.25) is 0 Å². The molecule has 0 spiro atoms. The summed E-state index contributed by atoms with van der Waals surface area (Å²) in [6.07, 6.45) is 1.33. The number of hydrogen-bond donors (Lipinski definition) is 1. The van der Waals surface area contributed by atoms with Gasteiger partial charge in [0.1, 0.15) is 7.14 Å². The van der Waals surface area contributed by atoms with E-state index in [-0.39, 0.29) is 5.69 Å². The fraction of sp³-hybridized carbons (Fsp3) is 0.286. The van der Waals surface area contributed by atoms with Crippen molar-refractivity contribution in [3.05, 3.63) is 18.0 Å². The molecule has 1 aromatic rings. The second-order valence-electron chi connectivity index (χ2n) is 2.96. The minimum Gasteiger partial charge on any atom is -0.476 e. The molecular weight excluding hydrogens is 191 g/mol. The van der Waals surface area contributed by atoms with Gasteiger partial charge < -0.3 is 9.67 Å². The van der Waals surface area contributed by atoms with Crippen LogP contribution < -0.4 is 5.30 Å². The fourth-order valence-electron chi connectivity index (χ4n) is 0.755. The Hall–Kier alpha value is -1.22. The zero-order valence-corrected chi connectivity index (χ0v) is 8.15. The highest BCUT2D eigenvalue weighted by atomic mass is 31.2. The molecule has 1 rings (SSSR count). The van der Waals surface area contributed by atoms with Crippen LogP contribution in [0.2, 0.25) is 0 Å². The molecule has 0 atom stereocenters. The average Bonchev–Trinajstić information content (AvgIpc) is 2.03. The summed E-state index contributed by atoms with van der Waals surface area (Å²) in [6.45, 7) is 3.10. The number of hydrogen-bond acceptors (Lipinski definition) is 4. The molecule has 0 radical (unpaired) electrons. The van der Waals surface area contributed by atoms with Gasteiger partial charge in [-0.3, -0.25) is 0 Å². The standard InChI is InChI=1S/C7H9N2O3P/c1-13(2,12)5-3-6(7(10)11)9-8-4-5/h3-4H,1-2H3,(H,10,11). The predicted octanol–water partition coefficient (Wildman–Crippen LogP) is 0.423. The maximum Gasteiger partial charge on any atom is 0.356 e. The molecule has 13 heavy (non-hydrogen) atoms. The van der Waals surface area contributed by atoms with Crippen molar-refractivity contribution in [2.24, 2.45) is 0 Å². The topological polar surface area (TPSA) is 80.2 Å². The number of aromatic carboxylic acids is 1. The lowest BCUT2D eigenvalue weighted by Crippen LogP contribution is -2.11. The Kier molecular flexibility index (Phi) is 2.48. The molecule has 1 N–H and O–H groups in total. The van der Waals surface area contributed by atoms with Gasteiger partial charge in [-0.25, -0.2) is 4.79 Å². The molecule has 0 saturated heterocycles. The molecule has 6 heteroatoms. The Morgan fingerprint density at radius 1 is 1.54 bits per heavy atom. The average molecular weight is 200 g/mol. The van der Waals surface area contributed by atoms with Gasteiger partial charge in [-0.2, -0.15) is 5.10 Å². The highest BCUT2D eigenvalue weighted by Crippen LogP contribution is 2.33. The predicted molar refractivity (Wildman–Crippen MR) is 48.1 cm³/mol. The van der Waals surface area contributed by atoms with Gasteiger partial charge in [0, 0.05) is 5.30 Å². The third-order valence-electron chi connectivity index (χ3n) is 1.48. The maximum absolute atomic E-state index is 11.5. The van der Waals surface area contributed by atoms with Crippen molar-refractivity contribution in [1.82, 2.24) is 10.2 Å². The first-order valence-electron chi connectivity index (χ1n) is 3.53. The molecule has 1 heterocycles. The largest absolute Gasteiger partial charge is 0.476 e. The highest BCUT2D eigenvalue weighted by Gasteiger charge is 2.14. The van der Waals surface area contributed by atoms with E-state index in [2.05, 4.69) is 10.2 Å². The summed E-state index contributed by atoms with van der Waals surface area (Å²) in [5.74, 6) is -1.16. The first-order chi connectivity index (χ1) is 5.91. The van der Waals surface area contributed by atoms with Crippen molar-refractivity contribution in [2.45, 2.75) is 0 Å². The van der Waals surface area contributed by atoms with Crippen molar-refractivity contribution in [3.63, 3.8) is 0 Å². The van der Waals surface area contributed by atoms with Crippen molar-refractivity contribution >= 4 is 18.4 Å². The van der Waals surface area contributed by atoms with Gasteiger partial charge in [0.15, 0.2) is 5.69 Å². The minimum absolute atomic E-state index is 0.179. The lowest BCUT2D eigenvalue weighted by atomic mass is 10.4. The van der Waals surface area contributed by atoms with Crippen LogP contribution in [-0.4, -0.2) is 34.6 Å². The van der Waals surface area contributed by atoms with Crippen molar-refractivity contribution < 1.29 is 14.5 Å². The van der Waals surface area contributed by atoms with Crippen molar-refractivity contribution in [1.29, 1.82) is 0 Å². The summed E-state index contributed by atoms with van der Waals surface area (Å²) in [7, 11) is -2.45. The van der Waals surface area contributed by atoms with Crippen LogP contribution in [-0.2, 0) is 4.57 Å². The number of nitrogens with zero attached hydrogens (tertiary/aromatic N) is 2. The lowest BCUT2D eigenvalue weighted by Gasteiger charge is -2.05. The molecule has 0 fully saturated rings. The summed E-state index contributed by atoms with van der Waals surface area (Å²) in [4.78, 5) is 10.5. The first kappa shape index (κ1) is 9.86. The van der Waals surface area contributed by atoms with E-state index >= 15 is 0 Å². The SMILES string of the molecule is CP(C)(=O)c1cnnc(C(=O)O)c1. The van der Waals surface area contributed by atoms with Crippen molar-refractivity contribution in [2.75, 3.05) is 13.3 Å². The summed E-state index contributed by atoms with van der Waals surface area (Å²) in [6, 6.07) is 1.29. The zero-order valence-electron chi connectivity index (χ0n) is 7.26. The Labute approximate surface area is 75.2 Å². The Balaban J connectivity index is 3.21. The van der Waals surface area contributed by atoms with Gasteiger partial charge in [-0.05, 0) is 19.4 Å². The molecule has 0 unspecified atom stereocenters. The smallest absolute Gasteiger partial charge is 0.356 e. The summed E-state index contributed by atoms with van der Waals surface area (Å²) in [5, 5.41) is 15.9. The van der Waals surface area contributed by atoms with Crippen LogP contribution in [0.1, 0.15) is 10.5 Å². The molecule has 0 saturated carbocycles. The lowest BCUT2D eigenvalue weighted by molar-refractivity contribution is 0.0689. The maximum atomic E-state index is 11.5. The van der Waals surface area contributed by atoms with E-state index in [9.17, 15) is 9.36 Å². The van der Waals surface area contributed by atoms with Gasteiger partial charge in [0.05, 0.1) is 6.20 Å². The number of carboxylic acids is 1. The van der Waals surface area contributed by atoms with Crippen LogP contribution >= 0.6 is 7.14 Å². The molecule has 0 aliphatic carbocycles. The molecule has 5 nitrogen and oxygen atoms in total. The second kappa shape index (κ2) is 3.26. The monoisotopic (exact) mass is 200 g/mol. The summed E-state index contributed by atoms with van der Waals surface area (Å²) < 4.78 is 11.5. The molecular formula is C7H9N2O3P. The van der Waals surface area contributed by atoms with Gasteiger partial charge in [0.25, 0.3) is 0 Å². The number of rotatable bonds is 2. The molecule has 0 aromatic carbocycles. The van der Waals surface area contributed by atoms with Crippen LogP contribution in [0.3, 0.4) is 0 Å². The van der Waals surface area contributed by atoms with E-state index in [0.29, 0.717) is 5.30 Å². The number of aromatic nitrogens is 2. The van der Waals surface area contributed by atoms with E-state index in [1.165, 1.54) is 12.3 Å². The molecule has 0 bridgehead atoms. The summed E-state index contributed by atoms with van der Waals surface area (Å²) in [5.41, 5.74) is -0.179. The Morgan fingerprint density at radius 2 is 2.15 bits per heavy atom. The van der Waals surface area contributed by atoms with Gasteiger partial charge >= 0.3 is 5.97 Å². The number of carbonyl (C=O) groups is 1. The first-order valence-corrected chi connectivity index (χ1v) is 6.13. The van der Waals surface area contributed by atoms with E-state index in [1.807, 2.05) is 0 Å². The molecule has 1 aromatic heterocycles. The van der Waals surface area contributed by atoms with Crippen LogP contribution in [0.25, 0.3) is 0 Å². The van der Waals surface area contributed by atoms with Gasteiger partial charge in [-0.1, -0.05) is 0 Å². The Morgan fingerprint density at radius 3 is 2.62 bits per heavy atom. The molecule has 70 valence electrons.